The van der Waals surface area contributed by atoms with Gasteiger partial charge in [0.2, 0.25) is 6.54 Å². The predicted molar refractivity (Wildman–Crippen MR) is 116 cm³/mol. The Bertz CT molecular complexity index is 1220. The van der Waals surface area contributed by atoms with Crippen molar-refractivity contribution in [1.29, 1.82) is 0 Å². The molecular formula is C23H19N3O5. The molecular weight excluding hydrogens is 398 g/mol. The standard InChI is InChI=1S/C23H19N3O5/c27-25(28)14-20(17-9-11-18(12-10-17)26(29)30)19-13-24-21-7-4-8-22(23(19)21)31-15-16-5-2-1-3-6-16/h1-13,20,24H,14-15H2. The third-order valence-corrected chi connectivity index (χ3v) is 5.15. The van der Waals surface area contributed by atoms with Crippen LogP contribution in [0.5, 0.6) is 5.75 Å². The highest BCUT2D eigenvalue weighted by molar-refractivity contribution is 5.90. The Labute approximate surface area is 177 Å². The van der Waals surface area contributed by atoms with Gasteiger partial charge in [0.25, 0.3) is 5.69 Å². The quantitative estimate of drug-likeness (QED) is 0.318. The smallest absolute Gasteiger partial charge is 0.269 e. The molecule has 8 heteroatoms. The molecule has 1 atom stereocenters. The number of fused-ring (bicyclic) bond motifs is 1. The third kappa shape index (κ3) is 4.37. The van der Waals surface area contributed by atoms with Gasteiger partial charge in [-0.25, -0.2) is 0 Å². The third-order valence-electron chi connectivity index (χ3n) is 5.15. The average Bonchev–Trinajstić information content (AvgIpc) is 3.21. The van der Waals surface area contributed by atoms with E-state index < -0.39 is 10.8 Å². The number of nitro groups is 2. The van der Waals surface area contributed by atoms with Crippen LogP contribution in [0.4, 0.5) is 5.69 Å². The van der Waals surface area contributed by atoms with Gasteiger partial charge in [0.15, 0.2) is 0 Å². The summed E-state index contributed by atoms with van der Waals surface area (Å²) in [4.78, 5) is 24.7. The van der Waals surface area contributed by atoms with Crippen LogP contribution in [0.15, 0.2) is 79.0 Å². The highest BCUT2D eigenvalue weighted by Crippen LogP contribution is 2.37. The summed E-state index contributed by atoms with van der Waals surface area (Å²) in [5, 5.41) is 23.2. The molecule has 8 nitrogen and oxygen atoms in total. The van der Waals surface area contributed by atoms with Gasteiger partial charge in [-0.3, -0.25) is 20.2 Å². The maximum Gasteiger partial charge on any atom is 0.269 e. The molecule has 0 aliphatic heterocycles. The number of hydrogen-bond acceptors (Lipinski definition) is 5. The molecule has 0 radical (unpaired) electrons. The van der Waals surface area contributed by atoms with Crippen LogP contribution < -0.4 is 4.74 Å². The highest BCUT2D eigenvalue weighted by atomic mass is 16.6. The van der Waals surface area contributed by atoms with E-state index in [-0.39, 0.29) is 17.2 Å². The molecule has 0 fully saturated rings. The number of aromatic nitrogens is 1. The van der Waals surface area contributed by atoms with E-state index in [9.17, 15) is 20.2 Å². The highest BCUT2D eigenvalue weighted by Gasteiger charge is 2.25. The normalized spacial score (nSPS) is 11.9. The predicted octanol–water partition coefficient (Wildman–Crippen LogP) is 5.06. The molecule has 0 bridgehead atoms. The first-order chi connectivity index (χ1) is 15.0. The first-order valence-electron chi connectivity index (χ1n) is 9.66. The van der Waals surface area contributed by atoms with Crippen molar-refractivity contribution in [3.8, 4) is 5.75 Å². The van der Waals surface area contributed by atoms with Crippen molar-refractivity contribution in [3.05, 3.63) is 116 Å². The molecule has 1 unspecified atom stereocenters. The van der Waals surface area contributed by atoms with Crippen LogP contribution in [-0.2, 0) is 6.61 Å². The summed E-state index contributed by atoms with van der Waals surface area (Å²) >= 11 is 0. The van der Waals surface area contributed by atoms with Gasteiger partial charge in [-0.15, -0.1) is 0 Å². The van der Waals surface area contributed by atoms with Gasteiger partial charge in [0, 0.05) is 34.2 Å². The Hall–Kier alpha value is -4.20. The lowest BCUT2D eigenvalue weighted by Crippen LogP contribution is -2.14. The van der Waals surface area contributed by atoms with E-state index in [4.69, 9.17) is 4.74 Å². The van der Waals surface area contributed by atoms with Crippen LogP contribution in [0.3, 0.4) is 0 Å². The summed E-state index contributed by atoms with van der Waals surface area (Å²) in [5.74, 6) is 0.0268. The monoisotopic (exact) mass is 417 g/mol. The summed E-state index contributed by atoms with van der Waals surface area (Å²) < 4.78 is 6.07. The SMILES string of the molecule is O=[N+]([O-])CC(c1ccc([N+](=O)[O-])cc1)c1c[nH]c2cccc(OCc3ccccc3)c12. The fraction of sp³-hybridized carbons (Fsp3) is 0.130. The number of nitro benzene ring substituents is 1. The molecule has 3 aromatic carbocycles. The van der Waals surface area contributed by atoms with E-state index in [1.807, 2.05) is 48.5 Å². The van der Waals surface area contributed by atoms with Crippen molar-refractivity contribution in [2.45, 2.75) is 12.5 Å². The lowest BCUT2D eigenvalue weighted by Gasteiger charge is -2.15. The Kier molecular flexibility index (Phi) is 5.61. The van der Waals surface area contributed by atoms with Crippen LogP contribution in [-0.4, -0.2) is 21.4 Å². The zero-order chi connectivity index (χ0) is 21.8. The second-order valence-electron chi connectivity index (χ2n) is 7.11. The molecule has 4 rings (SSSR count). The van der Waals surface area contributed by atoms with E-state index in [0.717, 1.165) is 16.5 Å². The number of nitrogens with one attached hydrogen (secondary N) is 1. The second-order valence-corrected chi connectivity index (χ2v) is 7.11. The van der Waals surface area contributed by atoms with E-state index in [1.54, 1.807) is 18.3 Å². The number of non-ortho nitro benzene ring substituents is 1. The number of ether oxygens (including phenoxy) is 1. The van der Waals surface area contributed by atoms with Crippen molar-refractivity contribution in [3.63, 3.8) is 0 Å². The number of nitrogens with zero attached hydrogens (tertiary/aromatic N) is 2. The molecule has 156 valence electrons. The van der Waals surface area contributed by atoms with Gasteiger partial charge in [-0.1, -0.05) is 48.5 Å². The van der Waals surface area contributed by atoms with Gasteiger partial charge >= 0.3 is 0 Å². The van der Waals surface area contributed by atoms with Crippen molar-refractivity contribution in [2.24, 2.45) is 0 Å². The van der Waals surface area contributed by atoms with Crippen molar-refractivity contribution in [2.75, 3.05) is 6.54 Å². The minimum Gasteiger partial charge on any atom is -0.488 e. The zero-order valence-corrected chi connectivity index (χ0v) is 16.4. The fourth-order valence-corrected chi connectivity index (χ4v) is 3.67. The van der Waals surface area contributed by atoms with Crippen LogP contribution >= 0.6 is 0 Å². The van der Waals surface area contributed by atoms with E-state index in [0.29, 0.717) is 23.5 Å². The minimum atomic E-state index is -0.592. The Morgan fingerprint density at radius 2 is 1.65 bits per heavy atom. The molecule has 31 heavy (non-hydrogen) atoms. The van der Waals surface area contributed by atoms with E-state index in [2.05, 4.69) is 4.98 Å². The molecule has 1 N–H and O–H groups in total. The second kappa shape index (κ2) is 8.66. The number of rotatable bonds is 8. The molecule has 1 aromatic heterocycles. The summed E-state index contributed by atoms with van der Waals surface area (Å²) in [6, 6.07) is 21.2. The topological polar surface area (TPSA) is 111 Å². The Balaban J connectivity index is 1.74. The van der Waals surface area contributed by atoms with Crippen molar-refractivity contribution < 1.29 is 14.6 Å². The van der Waals surface area contributed by atoms with E-state index in [1.165, 1.54) is 12.1 Å². The maximum absolute atomic E-state index is 11.4. The molecule has 1 heterocycles. The van der Waals surface area contributed by atoms with Crippen LogP contribution in [0.25, 0.3) is 10.9 Å². The number of benzene rings is 3. The minimum absolute atomic E-state index is 0.0607. The van der Waals surface area contributed by atoms with Crippen molar-refractivity contribution in [1.82, 2.24) is 4.98 Å². The molecule has 0 aliphatic carbocycles. The lowest BCUT2D eigenvalue weighted by molar-refractivity contribution is -0.481. The van der Waals surface area contributed by atoms with Gasteiger partial charge in [0.05, 0.1) is 10.8 Å². The van der Waals surface area contributed by atoms with Crippen LogP contribution in [0.1, 0.15) is 22.6 Å². The summed E-state index contributed by atoms with van der Waals surface area (Å²) in [7, 11) is 0. The Morgan fingerprint density at radius 3 is 2.32 bits per heavy atom. The number of H-pyrrole nitrogens is 1. The molecule has 0 aliphatic rings. The molecule has 0 spiro atoms. The average molecular weight is 417 g/mol. The van der Waals surface area contributed by atoms with Crippen LogP contribution in [0.2, 0.25) is 0 Å². The largest absolute Gasteiger partial charge is 0.488 e. The number of hydrogen-bond donors (Lipinski definition) is 1. The first-order valence-corrected chi connectivity index (χ1v) is 9.66. The Morgan fingerprint density at radius 1 is 0.903 bits per heavy atom. The molecule has 0 saturated heterocycles. The van der Waals surface area contributed by atoms with Gasteiger partial charge in [-0.2, -0.15) is 0 Å². The lowest BCUT2D eigenvalue weighted by atomic mass is 9.90. The fourth-order valence-electron chi connectivity index (χ4n) is 3.67. The number of aromatic amines is 1. The van der Waals surface area contributed by atoms with Crippen LogP contribution in [0, 0.1) is 20.2 Å². The summed E-state index contributed by atoms with van der Waals surface area (Å²) in [5.41, 5.74) is 3.09. The summed E-state index contributed by atoms with van der Waals surface area (Å²) in [6.45, 7) is 0.0137. The van der Waals surface area contributed by atoms with E-state index >= 15 is 0 Å². The molecule has 0 saturated carbocycles. The van der Waals surface area contributed by atoms with Gasteiger partial charge in [-0.05, 0) is 28.8 Å². The van der Waals surface area contributed by atoms with Gasteiger partial charge < -0.3 is 9.72 Å². The molecule has 0 amide bonds. The van der Waals surface area contributed by atoms with Crippen molar-refractivity contribution >= 4 is 16.6 Å². The zero-order valence-electron chi connectivity index (χ0n) is 16.4. The maximum atomic E-state index is 11.4. The summed E-state index contributed by atoms with van der Waals surface area (Å²) in [6.07, 6.45) is 1.75. The first kappa shape index (κ1) is 20.1. The van der Waals surface area contributed by atoms with Gasteiger partial charge in [0.1, 0.15) is 12.4 Å². The molecule has 4 aromatic rings.